The molecule has 1 unspecified atom stereocenters. The van der Waals surface area contributed by atoms with Crippen LogP contribution >= 0.6 is 24.0 Å². The summed E-state index contributed by atoms with van der Waals surface area (Å²) in [7, 11) is 1.77. The molecular weight excluding hydrogens is 443 g/mol. The third-order valence-electron chi connectivity index (χ3n) is 4.45. The van der Waals surface area contributed by atoms with Crippen molar-refractivity contribution in [2.24, 2.45) is 4.99 Å². The van der Waals surface area contributed by atoms with E-state index in [2.05, 4.69) is 33.1 Å². The van der Waals surface area contributed by atoms with Crippen LogP contribution in [0.4, 0.5) is 5.69 Å². The highest BCUT2D eigenvalue weighted by Crippen LogP contribution is 2.16. The molecule has 1 fully saturated rings. The molecule has 26 heavy (non-hydrogen) atoms. The van der Waals surface area contributed by atoms with Gasteiger partial charge in [-0.3, -0.25) is 9.79 Å². The van der Waals surface area contributed by atoms with Crippen LogP contribution in [0.5, 0.6) is 0 Å². The summed E-state index contributed by atoms with van der Waals surface area (Å²) in [6, 6.07) is 8.26. The highest BCUT2D eigenvalue weighted by molar-refractivity contribution is 14.0. The minimum atomic E-state index is -0.315. The van der Waals surface area contributed by atoms with Crippen molar-refractivity contribution in [3.05, 3.63) is 42.0 Å². The lowest BCUT2D eigenvalue weighted by atomic mass is 10.2. The molecule has 1 saturated heterocycles. The van der Waals surface area contributed by atoms with Crippen molar-refractivity contribution in [1.29, 1.82) is 0 Å². The van der Waals surface area contributed by atoms with Gasteiger partial charge in [0, 0.05) is 31.9 Å². The van der Waals surface area contributed by atoms with Gasteiger partial charge in [-0.2, -0.15) is 0 Å². The number of rotatable bonds is 5. The van der Waals surface area contributed by atoms with Crippen molar-refractivity contribution in [2.75, 3.05) is 19.0 Å². The number of benzene rings is 1. The van der Waals surface area contributed by atoms with Crippen LogP contribution in [0.3, 0.4) is 0 Å². The quantitative estimate of drug-likeness (QED) is 0.268. The number of hydrogen-bond acceptors (Lipinski definition) is 3. The number of nitrogens with zero attached hydrogens (tertiary/aromatic N) is 1. The van der Waals surface area contributed by atoms with Crippen LogP contribution in [0.1, 0.15) is 31.2 Å². The van der Waals surface area contributed by atoms with E-state index in [1.165, 1.54) is 0 Å². The van der Waals surface area contributed by atoms with Gasteiger partial charge in [-0.1, -0.05) is 24.3 Å². The Labute approximate surface area is 171 Å². The van der Waals surface area contributed by atoms with E-state index in [-0.39, 0.29) is 36.0 Å². The van der Waals surface area contributed by atoms with Crippen molar-refractivity contribution in [3.63, 3.8) is 0 Å². The van der Waals surface area contributed by atoms with Crippen molar-refractivity contribution >= 4 is 41.5 Å². The maximum absolute atomic E-state index is 12.1. The fourth-order valence-corrected chi connectivity index (χ4v) is 3.08. The van der Waals surface area contributed by atoms with Gasteiger partial charge in [0.1, 0.15) is 6.10 Å². The molecule has 1 aliphatic carbocycles. The van der Waals surface area contributed by atoms with E-state index in [0.717, 1.165) is 42.9 Å². The molecule has 1 atom stereocenters. The van der Waals surface area contributed by atoms with Crippen LogP contribution in [0.2, 0.25) is 0 Å². The summed E-state index contributed by atoms with van der Waals surface area (Å²) < 4.78 is 5.42. The number of aliphatic imine (C=N–C) groups is 1. The zero-order valence-electron chi connectivity index (χ0n) is 15.0. The third-order valence-corrected chi connectivity index (χ3v) is 4.45. The van der Waals surface area contributed by atoms with E-state index in [1.54, 1.807) is 7.05 Å². The molecule has 1 aromatic rings. The zero-order valence-corrected chi connectivity index (χ0v) is 17.4. The first-order valence-electron chi connectivity index (χ1n) is 8.88. The lowest BCUT2D eigenvalue weighted by molar-refractivity contribution is -0.124. The number of guanidine groups is 1. The summed E-state index contributed by atoms with van der Waals surface area (Å²) in [4.78, 5) is 16.4. The van der Waals surface area contributed by atoms with Crippen LogP contribution in [0, 0.1) is 0 Å². The molecule has 0 aromatic heterocycles. The molecule has 0 bridgehead atoms. The molecule has 7 heteroatoms. The molecule has 3 N–H and O–H groups in total. The maximum atomic E-state index is 12.1. The second-order valence-corrected chi connectivity index (χ2v) is 6.40. The summed E-state index contributed by atoms with van der Waals surface area (Å²) in [6.07, 6.45) is 7.87. The Kier molecular flexibility index (Phi) is 8.37. The second kappa shape index (κ2) is 10.5. The van der Waals surface area contributed by atoms with E-state index in [9.17, 15) is 4.79 Å². The Morgan fingerprint density at radius 1 is 1.31 bits per heavy atom. The zero-order chi connectivity index (χ0) is 17.5. The fourth-order valence-electron chi connectivity index (χ4n) is 3.08. The predicted molar refractivity (Wildman–Crippen MR) is 115 cm³/mol. The minimum absolute atomic E-state index is 0. The lowest BCUT2D eigenvalue weighted by Gasteiger charge is -2.17. The number of ether oxygens (including phenoxy) is 1. The summed E-state index contributed by atoms with van der Waals surface area (Å²) in [5.74, 6) is 0.733. The molecule has 0 radical (unpaired) electrons. The Balaban J connectivity index is 0.00000243. The number of nitrogens with one attached hydrogen (secondary N) is 3. The van der Waals surface area contributed by atoms with Crippen LogP contribution in [-0.4, -0.2) is 37.7 Å². The molecule has 1 heterocycles. The number of hydrogen-bond donors (Lipinski definition) is 3. The van der Waals surface area contributed by atoms with E-state index in [1.807, 2.05) is 24.3 Å². The summed E-state index contributed by atoms with van der Waals surface area (Å²) in [5.41, 5.74) is 1.88. The van der Waals surface area contributed by atoms with Crippen molar-refractivity contribution < 1.29 is 9.53 Å². The van der Waals surface area contributed by atoms with Crippen molar-refractivity contribution in [1.82, 2.24) is 10.6 Å². The molecule has 1 aliphatic heterocycles. The minimum Gasteiger partial charge on any atom is -0.368 e. The Morgan fingerprint density at radius 3 is 2.81 bits per heavy atom. The maximum Gasteiger partial charge on any atom is 0.253 e. The van der Waals surface area contributed by atoms with Gasteiger partial charge in [0.05, 0.1) is 0 Å². The Bertz CT molecular complexity index is 649. The normalized spacial score (nSPS) is 19.9. The first-order valence-corrected chi connectivity index (χ1v) is 8.88. The number of amides is 1. The van der Waals surface area contributed by atoms with E-state index in [0.29, 0.717) is 19.2 Å². The second-order valence-electron chi connectivity index (χ2n) is 6.40. The van der Waals surface area contributed by atoms with Crippen LogP contribution in [-0.2, 0) is 16.1 Å². The van der Waals surface area contributed by atoms with Gasteiger partial charge >= 0.3 is 0 Å². The van der Waals surface area contributed by atoms with Gasteiger partial charge in [-0.25, -0.2) is 0 Å². The smallest absolute Gasteiger partial charge is 0.253 e. The van der Waals surface area contributed by atoms with Crippen molar-refractivity contribution in [3.8, 4) is 0 Å². The molecule has 3 rings (SSSR count). The van der Waals surface area contributed by atoms with Gasteiger partial charge in [0.15, 0.2) is 5.96 Å². The van der Waals surface area contributed by atoms with E-state index in [4.69, 9.17) is 4.74 Å². The first kappa shape index (κ1) is 20.7. The average molecular weight is 470 g/mol. The first-order chi connectivity index (χ1) is 12.2. The van der Waals surface area contributed by atoms with Crippen LogP contribution in [0.25, 0.3) is 0 Å². The molecule has 1 amide bonds. The summed E-state index contributed by atoms with van der Waals surface area (Å²) in [5, 5.41) is 9.67. The molecule has 142 valence electrons. The molecular formula is C19H27IN4O2. The van der Waals surface area contributed by atoms with Gasteiger partial charge in [0.25, 0.3) is 5.91 Å². The Hall–Kier alpha value is -1.61. The molecule has 1 aromatic carbocycles. The highest BCUT2D eigenvalue weighted by Gasteiger charge is 2.23. The van der Waals surface area contributed by atoms with Gasteiger partial charge < -0.3 is 20.7 Å². The number of anilines is 1. The SMILES string of the molecule is CN=C(NCc1cccc(NC(=O)C2CCCO2)c1)NC1CC=CC1.I. The Morgan fingerprint density at radius 2 is 2.12 bits per heavy atom. The van der Waals surface area contributed by atoms with Gasteiger partial charge in [0.2, 0.25) is 0 Å². The standard InChI is InChI=1S/C19H26N4O2.HI/c1-20-19(23-15-7-2-3-8-15)21-13-14-6-4-9-16(12-14)22-18(24)17-10-5-11-25-17;/h2-4,6,9,12,15,17H,5,7-8,10-11,13H2,1H3,(H,22,24)(H2,20,21,23);1H. The van der Waals surface area contributed by atoms with Gasteiger partial charge in [-0.05, 0) is 43.4 Å². The third kappa shape index (κ3) is 5.98. The van der Waals surface area contributed by atoms with Crippen LogP contribution < -0.4 is 16.0 Å². The van der Waals surface area contributed by atoms with E-state index < -0.39 is 0 Å². The topological polar surface area (TPSA) is 74.8 Å². The number of carbonyl (C=O) groups is 1. The number of halogens is 1. The van der Waals surface area contributed by atoms with E-state index >= 15 is 0 Å². The van der Waals surface area contributed by atoms with Crippen LogP contribution in [0.15, 0.2) is 41.4 Å². The fraction of sp³-hybridized carbons (Fsp3) is 0.474. The largest absolute Gasteiger partial charge is 0.368 e. The molecule has 2 aliphatic rings. The molecule has 0 saturated carbocycles. The lowest BCUT2D eigenvalue weighted by Crippen LogP contribution is -2.42. The average Bonchev–Trinajstić information content (AvgIpc) is 3.32. The molecule has 6 nitrogen and oxygen atoms in total. The predicted octanol–water partition coefficient (Wildman–Crippen LogP) is 2.81. The highest BCUT2D eigenvalue weighted by atomic mass is 127. The summed E-state index contributed by atoms with van der Waals surface area (Å²) in [6.45, 7) is 1.31. The number of carbonyl (C=O) groups excluding carboxylic acids is 1. The molecule has 0 spiro atoms. The van der Waals surface area contributed by atoms with Crippen molar-refractivity contribution in [2.45, 2.75) is 44.4 Å². The van der Waals surface area contributed by atoms with Gasteiger partial charge in [-0.15, -0.1) is 24.0 Å². The monoisotopic (exact) mass is 470 g/mol. The summed E-state index contributed by atoms with van der Waals surface area (Å²) >= 11 is 0.